The molecule has 1 atom stereocenters. The van der Waals surface area contributed by atoms with E-state index in [1.807, 2.05) is 4.90 Å². The van der Waals surface area contributed by atoms with Gasteiger partial charge in [-0.25, -0.2) is 0 Å². The smallest absolute Gasteiger partial charge is 0.222 e. The normalized spacial score (nSPS) is 16.9. The molecule has 1 heterocycles. The Morgan fingerprint density at radius 1 is 1.37 bits per heavy atom. The number of rotatable bonds is 6. The van der Waals surface area contributed by atoms with Crippen molar-refractivity contribution in [3.05, 3.63) is 35.4 Å². The number of likely N-dealkylation sites (tertiary alicyclic amines) is 1. The van der Waals surface area contributed by atoms with Gasteiger partial charge in [0.25, 0.3) is 0 Å². The summed E-state index contributed by atoms with van der Waals surface area (Å²) in [6.45, 7) is 7.00. The summed E-state index contributed by atoms with van der Waals surface area (Å²) in [5, 5.41) is 3.58. The third kappa shape index (κ3) is 3.57. The first-order valence-electron chi connectivity index (χ1n) is 7.29. The van der Waals surface area contributed by atoms with E-state index in [1.54, 1.807) is 0 Å². The molecular formula is C16H24N2O. The molecule has 1 unspecified atom stereocenters. The number of hydrogen-bond donors (Lipinski definition) is 1. The summed E-state index contributed by atoms with van der Waals surface area (Å²) in [6.07, 6.45) is 2.83. The lowest BCUT2D eigenvalue weighted by atomic mass is 10.0. The molecule has 0 saturated carbocycles. The molecule has 1 aromatic rings. The van der Waals surface area contributed by atoms with Gasteiger partial charge in [0, 0.05) is 19.5 Å². The minimum absolute atomic E-state index is 0.253. The van der Waals surface area contributed by atoms with Gasteiger partial charge in [0.1, 0.15) is 0 Å². The van der Waals surface area contributed by atoms with E-state index in [2.05, 4.69) is 43.4 Å². The molecule has 2 rings (SSSR count). The molecule has 1 aromatic carbocycles. The second-order valence-electron chi connectivity index (χ2n) is 5.31. The van der Waals surface area contributed by atoms with Crippen molar-refractivity contribution in [3.63, 3.8) is 0 Å². The van der Waals surface area contributed by atoms with Gasteiger partial charge in [0.05, 0.1) is 6.04 Å². The van der Waals surface area contributed by atoms with Crippen LogP contribution in [0.3, 0.4) is 0 Å². The molecule has 1 saturated heterocycles. The van der Waals surface area contributed by atoms with Crippen LogP contribution in [0.5, 0.6) is 0 Å². The lowest BCUT2D eigenvalue weighted by Gasteiger charge is -2.26. The highest BCUT2D eigenvalue weighted by Gasteiger charge is 2.24. The fraction of sp³-hybridized carbons (Fsp3) is 0.562. The molecule has 0 spiro atoms. The van der Waals surface area contributed by atoms with Gasteiger partial charge in [-0.3, -0.25) is 4.79 Å². The van der Waals surface area contributed by atoms with Gasteiger partial charge in [-0.2, -0.15) is 0 Å². The Balaban J connectivity index is 2.11. The van der Waals surface area contributed by atoms with E-state index in [0.29, 0.717) is 12.3 Å². The zero-order valence-electron chi connectivity index (χ0n) is 12.0. The summed E-state index contributed by atoms with van der Waals surface area (Å²) in [5.41, 5.74) is 2.61. The minimum atomic E-state index is 0.253. The number of carbonyl (C=O) groups excluding carboxylic acids is 1. The first kappa shape index (κ1) is 14.1. The number of benzene rings is 1. The first-order chi connectivity index (χ1) is 9.22. The lowest BCUT2D eigenvalue weighted by molar-refractivity contribution is -0.128. The zero-order valence-corrected chi connectivity index (χ0v) is 12.0. The summed E-state index contributed by atoms with van der Waals surface area (Å²) >= 11 is 0. The Bertz CT molecular complexity index is 431. The van der Waals surface area contributed by atoms with Crippen molar-refractivity contribution in [1.29, 1.82) is 0 Å². The highest BCUT2D eigenvalue weighted by molar-refractivity contribution is 5.78. The molecule has 0 aliphatic carbocycles. The molecule has 1 N–H and O–H groups in total. The Kier molecular flexibility index (Phi) is 4.97. The summed E-state index contributed by atoms with van der Waals surface area (Å²) in [6, 6.07) is 8.71. The minimum Gasteiger partial charge on any atom is -0.341 e. The summed E-state index contributed by atoms with van der Waals surface area (Å²) in [4.78, 5) is 13.8. The van der Waals surface area contributed by atoms with E-state index in [1.165, 1.54) is 11.1 Å². The van der Waals surface area contributed by atoms with E-state index in [9.17, 15) is 4.79 Å². The SMILES string of the molecule is CCCNC(CN1CCCC1=O)c1ccccc1C. The number of nitrogens with zero attached hydrogens (tertiary/aromatic N) is 1. The molecule has 104 valence electrons. The molecule has 0 aromatic heterocycles. The predicted molar refractivity (Wildman–Crippen MR) is 78.0 cm³/mol. The fourth-order valence-electron chi connectivity index (χ4n) is 2.69. The number of hydrogen-bond acceptors (Lipinski definition) is 2. The van der Waals surface area contributed by atoms with Crippen LogP contribution in [0.15, 0.2) is 24.3 Å². The second-order valence-corrected chi connectivity index (χ2v) is 5.31. The standard InChI is InChI=1S/C16H24N2O/c1-3-10-17-15(12-18-11-6-9-16(18)19)14-8-5-4-7-13(14)2/h4-5,7-8,15,17H,3,6,9-12H2,1-2H3. The maximum atomic E-state index is 11.8. The number of amides is 1. The van der Waals surface area contributed by atoms with Gasteiger partial charge >= 0.3 is 0 Å². The fourth-order valence-corrected chi connectivity index (χ4v) is 2.69. The van der Waals surface area contributed by atoms with Gasteiger partial charge in [-0.05, 0) is 37.4 Å². The van der Waals surface area contributed by atoms with Crippen LogP contribution < -0.4 is 5.32 Å². The van der Waals surface area contributed by atoms with E-state index >= 15 is 0 Å². The van der Waals surface area contributed by atoms with Crippen molar-refractivity contribution in [1.82, 2.24) is 10.2 Å². The first-order valence-corrected chi connectivity index (χ1v) is 7.29. The maximum Gasteiger partial charge on any atom is 0.222 e. The highest BCUT2D eigenvalue weighted by atomic mass is 16.2. The van der Waals surface area contributed by atoms with Crippen molar-refractivity contribution in [3.8, 4) is 0 Å². The van der Waals surface area contributed by atoms with Crippen LogP contribution in [0.4, 0.5) is 0 Å². The Morgan fingerprint density at radius 3 is 2.79 bits per heavy atom. The molecule has 1 aliphatic heterocycles. The van der Waals surface area contributed by atoms with Crippen molar-refractivity contribution in [2.45, 2.75) is 39.2 Å². The zero-order chi connectivity index (χ0) is 13.7. The van der Waals surface area contributed by atoms with E-state index in [0.717, 1.165) is 32.5 Å². The molecule has 1 amide bonds. The molecule has 3 nitrogen and oxygen atoms in total. The van der Waals surface area contributed by atoms with Gasteiger partial charge in [-0.15, -0.1) is 0 Å². The molecule has 19 heavy (non-hydrogen) atoms. The summed E-state index contributed by atoms with van der Waals surface area (Å²) in [7, 11) is 0. The van der Waals surface area contributed by atoms with Crippen LogP contribution in [0, 0.1) is 6.92 Å². The van der Waals surface area contributed by atoms with Gasteiger partial charge in [0.2, 0.25) is 5.91 Å². The average Bonchev–Trinajstić information content (AvgIpc) is 2.81. The average molecular weight is 260 g/mol. The van der Waals surface area contributed by atoms with E-state index in [4.69, 9.17) is 0 Å². The quantitative estimate of drug-likeness (QED) is 0.853. The van der Waals surface area contributed by atoms with Gasteiger partial charge in [-0.1, -0.05) is 31.2 Å². The summed E-state index contributed by atoms with van der Waals surface area (Å²) in [5.74, 6) is 0.303. The van der Waals surface area contributed by atoms with Crippen molar-refractivity contribution in [2.24, 2.45) is 0 Å². The number of nitrogens with one attached hydrogen (secondary N) is 1. The van der Waals surface area contributed by atoms with Crippen LogP contribution >= 0.6 is 0 Å². The monoisotopic (exact) mass is 260 g/mol. The van der Waals surface area contributed by atoms with Crippen molar-refractivity contribution >= 4 is 5.91 Å². The van der Waals surface area contributed by atoms with Gasteiger partial charge < -0.3 is 10.2 Å². The number of carbonyl (C=O) groups is 1. The molecule has 0 bridgehead atoms. The molecule has 0 radical (unpaired) electrons. The van der Waals surface area contributed by atoms with Crippen LogP contribution in [0.1, 0.15) is 43.4 Å². The topological polar surface area (TPSA) is 32.3 Å². The second kappa shape index (κ2) is 6.71. The van der Waals surface area contributed by atoms with Crippen LogP contribution in [0.25, 0.3) is 0 Å². The van der Waals surface area contributed by atoms with E-state index < -0.39 is 0 Å². The van der Waals surface area contributed by atoms with Crippen LogP contribution in [-0.2, 0) is 4.79 Å². The highest BCUT2D eigenvalue weighted by Crippen LogP contribution is 2.21. The molecule has 1 fully saturated rings. The third-order valence-electron chi connectivity index (χ3n) is 3.78. The molecular weight excluding hydrogens is 236 g/mol. The Hall–Kier alpha value is -1.35. The molecule has 1 aliphatic rings. The maximum absolute atomic E-state index is 11.8. The summed E-state index contributed by atoms with van der Waals surface area (Å²) < 4.78 is 0. The van der Waals surface area contributed by atoms with Crippen molar-refractivity contribution in [2.75, 3.05) is 19.6 Å². The van der Waals surface area contributed by atoms with E-state index in [-0.39, 0.29) is 6.04 Å². The largest absolute Gasteiger partial charge is 0.341 e. The Labute approximate surface area is 116 Å². The lowest BCUT2D eigenvalue weighted by Crippen LogP contribution is -2.36. The van der Waals surface area contributed by atoms with Crippen LogP contribution in [-0.4, -0.2) is 30.4 Å². The molecule has 3 heteroatoms. The van der Waals surface area contributed by atoms with Crippen molar-refractivity contribution < 1.29 is 4.79 Å². The Morgan fingerprint density at radius 2 is 2.16 bits per heavy atom. The van der Waals surface area contributed by atoms with Gasteiger partial charge in [0.15, 0.2) is 0 Å². The predicted octanol–water partition coefficient (Wildman–Crippen LogP) is 2.66. The third-order valence-corrected chi connectivity index (χ3v) is 3.78. The number of aryl methyl sites for hydroxylation is 1. The van der Waals surface area contributed by atoms with Crippen LogP contribution in [0.2, 0.25) is 0 Å².